The lowest BCUT2D eigenvalue weighted by Gasteiger charge is -2.61. The number of aliphatic hydroxyl groups excluding tert-OH is 1. The van der Waals surface area contributed by atoms with Gasteiger partial charge in [-0.3, -0.25) is 4.79 Å². The van der Waals surface area contributed by atoms with E-state index in [0.717, 1.165) is 25.7 Å². The summed E-state index contributed by atoms with van der Waals surface area (Å²) < 4.78 is 11.9. The summed E-state index contributed by atoms with van der Waals surface area (Å²) in [5, 5.41) is 11.4. The first-order chi connectivity index (χ1) is 11.7. The molecule has 25 heavy (non-hydrogen) atoms. The van der Waals surface area contributed by atoms with Crippen LogP contribution in [0.4, 0.5) is 0 Å². The van der Waals surface area contributed by atoms with Crippen LogP contribution in [-0.4, -0.2) is 42.4 Å². The maximum Gasteiger partial charge on any atom is 0.167 e. The van der Waals surface area contributed by atoms with Gasteiger partial charge < -0.3 is 14.6 Å². The van der Waals surface area contributed by atoms with Crippen molar-refractivity contribution in [1.29, 1.82) is 0 Å². The smallest absolute Gasteiger partial charge is 0.167 e. The van der Waals surface area contributed by atoms with Gasteiger partial charge in [-0.2, -0.15) is 0 Å². The molecule has 3 fully saturated rings. The first-order valence-electron chi connectivity index (χ1n) is 10.1. The highest BCUT2D eigenvalue weighted by molar-refractivity contribution is 5.90. The van der Waals surface area contributed by atoms with E-state index in [4.69, 9.17) is 9.47 Å². The fourth-order valence-corrected chi connectivity index (χ4v) is 6.86. The molecule has 0 radical (unpaired) electrons. The summed E-state index contributed by atoms with van der Waals surface area (Å²) in [4.78, 5) is 13.5. The number of aliphatic hydroxyl groups is 1. The van der Waals surface area contributed by atoms with Gasteiger partial charge in [0.1, 0.15) is 5.60 Å². The van der Waals surface area contributed by atoms with E-state index in [9.17, 15) is 9.90 Å². The van der Waals surface area contributed by atoms with Crippen LogP contribution in [0.25, 0.3) is 0 Å². The Morgan fingerprint density at radius 3 is 2.44 bits per heavy atom. The van der Waals surface area contributed by atoms with Gasteiger partial charge >= 0.3 is 0 Å². The molecular weight excluding hydrogens is 316 g/mol. The number of hydrogen-bond donors (Lipinski definition) is 1. The van der Waals surface area contributed by atoms with Crippen molar-refractivity contribution in [3.05, 3.63) is 0 Å². The number of ketones is 1. The van der Waals surface area contributed by atoms with Crippen LogP contribution in [0.1, 0.15) is 66.7 Å². The van der Waals surface area contributed by atoms with Crippen molar-refractivity contribution >= 4 is 5.78 Å². The molecule has 2 bridgehead atoms. The van der Waals surface area contributed by atoms with Crippen molar-refractivity contribution in [1.82, 2.24) is 0 Å². The molecule has 0 amide bonds. The predicted octanol–water partition coefficient (Wildman–Crippen LogP) is 3.60. The molecule has 1 N–H and O–H groups in total. The SMILES string of the molecule is CCO[C@]1(C)C[C@@H](O)[C@@]2(C)C3[C@H](OC)CCC3(CC[C@H]2C)[C@@H](C)C1=O. The van der Waals surface area contributed by atoms with Gasteiger partial charge in [-0.1, -0.05) is 20.8 Å². The third-order valence-electron chi connectivity index (χ3n) is 8.50. The maximum atomic E-state index is 13.5. The minimum absolute atomic E-state index is 0.0616. The summed E-state index contributed by atoms with van der Waals surface area (Å²) in [7, 11) is 1.79. The molecule has 0 aromatic carbocycles. The molecule has 0 aromatic heterocycles. The lowest BCUT2D eigenvalue weighted by Crippen LogP contribution is -2.64. The maximum absolute atomic E-state index is 13.5. The van der Waals surface area contributed by atoms with E-state index in [2.05, 4.69) is 20.8 Å². The Hall–Kier alpha value is -0.450. The number of methoxy groups -OCH3 is 1. The molecular formula is C21H36O4. The zero-order valence-corrected chi connectivity index (χ0v) is 16.8. The van der Waals surface area contributed by atoms with Crippen molar-refractivity contribution < 1.29 is 19.4 Å². The normalized spacial score (nSPS) is 53.2. The molecule has 144 valence electrons. The lowest BCUT2D eigenvalue weighted by molar-refractivity contribution is -0.205. The van der Waals surface area contributed by atoms with Gasteiger partial charge in [-0.15, -0.1) is 0 Å². The van der Waals surface area contributed by atoms with Crippen LogP contribution >= 0.6 is 0 Å². The summed E-state index contributed by atoms with van der Waals surface area (Å²) in [5.41, 5.74) is -1.21. The first-order valence-corrected chi connectivity index (χ1v) is 10.1. The van der Waals surface area contributed by atoms with Crippen LogP contribution in [0.2, 0.25) is 0 Å². The Morgan fingerprint density at radius 2 is 1.84 bits per heavy atom. The second kappa shape index (κ2) is 6.31. The van der Waals surface area contributed by atoms with E-state index in [1.807, 2.05) is 13.8 Å². The van der Waals surface area contributed by atoms with Gasteiger partial charge in [0.2, 0.25) is 0 Å². The topological polar surface area (TPSA) is 55.8 Å². The number of carbonyl (C=O) groups excluding carboxylic acids is 1. The summed E-state index contributed by atoms with van der Waals surface area (Å²) >= 11 is 0. The Labute approximate surface area is 152 Å². The minimum atomic E-state index is -0.894. The Kier molecular flexibility index (Phi) is 4.88. The van der Waals surface area contributed by atoms with E-state index in [0.29, 0.717) is 18.9 Å². The quantitative estimate of drug-likeness (QED) is 0.843. The molecule has 4 nitrogen and oxygen atoms in total. The van der Waals surface area contributed by atoms with Crippen LogP contribution in [0.15, 0.2) is 0 Å². The highest BCUT2D eigenvalue weighted by atomic mass is 16.5. The van der Waals surface area contributed by atoms with Crippen molar-refractivity contribution in [3.63, 3.8) is 0 Å². The summed E-state index contributed by atoms with van der Waals surface area (Å²) in [5.74, 6) is 0.747. The van der Waals surface area contributed by atoms with Crippen LogP contribution in [-0.2, 0) is 14.3 Å². The Bertz CT molecular complexity index is 534. The molecule has 3 aliphatic carbocycles. The third-order valence-corrected chi connectivity index (χ3v) is 8.50. The van der Waals surface area contributed by atoms with Gasteiger partial charge in [0.05, 0.1) is 12.2 Å². The largest absolute Gasteiger partial charge is 0.392 e. The molecule has 2 unspecified atom stereocenters. The van der Waals surface area contributed by atoms with E-state index in [1.54, 1.807) is 7.11 Å². The first kappa shape index (κ1) is 19.3. The number of carbonyl (C=O) groups is 1. The lowest BCUT2D eigenvalue weighted by atomic mass is 9.45. The van der Waals surface area contributed by atoms with Crippen molar-refractivity contribution in [3.8, 4) is 0 Å². The molecule has 0 spiro atoms. The number of hydrogen-bond acceptors (Lipinski definition) is 4. The van der Waals surface area contributed by atoms with Crippen LogP contribution in [0.3, 0.4) is 0 Å². The second-order valence-electron chi connectivity index (χ2n) is 9.30. The van der Waals surface area contributed by atoms with E-state index >= 15 is 0 Å². The zero-order chi connectivity index (χ0) is 18.6. The van der Waals surface area contributed by atoms with Crippen LogP contribution in [0.5, 0.6) is 0 Å². The Morgan fingerprint density at radius 1 is 1.20 bits per heavy atom. The minimum Gasteiger partial charge on any atom is -0.392 e. The van der Waals surface area contributed by atoms with Gasteiger partial charge in [-0.25, -0.2) is 0 Å². The fraction of sp³-hybridized carbons (Fsp3) is 0.952. The molecule has 0 aromatic rings. The van der Waals surface area contributed by atoms with E-state index in [1.165, 1.54) is 0 Å². The molecule has 0 saturated heterocycles. The molecule has 3 saturated carbocycles. The zero-order valence-electron chi connectivity index (χ0n) is 16.8. The highest BCUT2D eigenvalue weighted by Gasteiger charge is 2.67. The predicted molar refractivity (Wildman–Crippen MR) is 97.3 cm³/mol. The molecule has 0 aliphatic heterocycles. The van der Waals surface area contributed by atoms with Gasteiger partial charge in [-0.05, 0) is 56.8 Å². The van der Waals surface area contributed by atoms with Crippen LogP contribution in [0, 0.1) is 28.6 Å². The average Bonchev–Trinajstić information content (AvgIpc) is 2.97. The molecule has 0 heterocycles. The van der Waals surface area contributed by atoms with Gasteiger partial charge in [0.15, 0.2) is 5.78 Å². The van der Waals surface area contributed by atoms with Gasteiger partial charge in [0, 0.05) is 31.5 Å². The van der Waals surface area contributed by atoms with E-state index < -0.39 is 11.7 Å². The van der Waals surface area contributed by atoms with Crippen molar-refractivity contribution in [2.24, 2.45) is 28.6 Å². The molecule has 8 atom stereocenters. The Balaban J connectivity index is 2.16. The summed E-state index contributed by atoms with van der Waals surface area (Å²) in [6.45, 7) is 10.9. The molecule has 4 heteroatoms. The number of Topliss-reactive ketones (excluding diaryl/α,β-unsaturated/α-hetero) is 1. The average molecular weight is 353 g/mol. The summed E-state index contributed by atoms with van der Waals surface area (Å²) in [6, 6.07) is 0. The van der Waals surface area contributed by atoms with Crippen molar-refractivity contribution in [2.45, 2.75) is 84.5 Å². The van der Waals surface area contributed by atoms with Gasteiger partial charge in [0.25, 0.3) is 0 Å². The monoisotopic (exact) mass is 352 g/mol. The fourth-order valence-electron chi connectivity index (χ4n) is 6.86. The highest BCUT2D eigenvalue weighted by Crippen LogP contribution is 2.67. The standard InChI is InChI=1S/C21H36O4/c1-7-25-19(4)12-16(22)20(5)13(2)8-10-21(14(3)18(19)23)11-9-15(24-6)17(20)21/h13-17,22H,7-12H2,1-6H3/t13-,14+,15-,16-,17?,19-,20+,21?/m1/s1. The summed E-state index contributed by atoms with van der Waals surface area (Å²) in [6.07, 6.45) is 4.08. The number of ether oxygens (including phenoxy) is 2. The van der Waals surface area contributed by atoms with E-state index in [-0.39, 0.29) is 34.6 Å². The van der Waals surface area contributed by atoms with Crippen molar-refractivity contribution in [2.75, 3.05) is 13.7 Å². The van der Waals surface area contributed by atoms with Crippen LogP contribution < -0.4 is 0 Å². The molecule has 3 rings (SSSR count). The number of rotatable bonds is 3. The second-order valence-corrected chi connectivity index (χ2v) is 9.30. The molecule has 3 aliphatic rings. The third kappa shape index (κ3) is 2.47.